The summed E-state index contributed by atoms with van der Waals surface area (Å²) in [6, 6.07) is 6.03. The number of pyridine rings is 1. The molecule has 0 N–H and O–H groups in total. The molecule has 1 aliphatic carbocycles. The van der Waals surface area contributed by atoms with E-state index in [2.05, 4.69) is 23.0 Å². The van der Waals surface area contributed by atoms with Crippen molar-refractivity contribution < 1.29 is 0 Å². The van der Waals surface area contributed by atoms with Crippen LogP contribution in [0.25, 0.3) is 0 Å². The van der Waals surface area contributed by atoms with E-state index in [4.69, 9.17) is 5.26 Å². The lowest BCUT2D eigenvalue weighted by atomic mass is 9.85. The van der Waals surface area contributed by atoms with Gasteiger partial charge in [0.1, 0.15) is 11.8 Å². The molecule has 1 aliphatic rings. The molecule has 0 atom stereocenters. The molecule has 0 bridgehead atoms. The van der Waals surface area contributed by atoms with Gasteiger partial charge in [-0.25, -0.2) is 4.98 Å². The molecule has 16 heavy (non-hydrogen) atoms. The fourth-order valence-electron chi connectivity index (χ4n) is 2.14. The molecule has 0 spiro atoms. The summed E-state index contributed by atoms with van der Waals surface area (Å²) in [4.78, 5) is 6.37. The lowest BCUT2D eigenvalue weighted by Crippen LogP contribution is -2.29. The van der Waals surface area contributed by atoms with Gasteiger partial charge >= 0.3 is 0 Å². The maximum Gasteiger partial charge on any atom is 0.144 e. The van der Waals surface area contributed by atoms with Gasteiger partial charge in [-0.1, -0.05) is 12.5 Å². The Morgan fingerprint density at radius 3 is 3.00 bits per heavy atom. The Hall–Kier alpha value is -1.40. The van der Waals surface area contributed by atoms with E-state index in [0.717, 1.165) is 24.6 Å². The van der Waals surface area contributed by atoms with E-state index in [1.54, 1.807) is 6.20 Å². The van der Waals surface area contributed by atoms with Crippen molar-refractivity contribution in [2.24, 2.45) is 5.92 Å². The number of nitrogens with zero attached hydrogens (tertiary/aromatic N) is 3. The third-order valence-corrected chi connectivity index (χ3v) is 3.23. The third kappa shape index (κ3) is 2.59. The third-order valence-electron chi connectivity index (χ3n) is 3.23. The first-order valence-corrected chi connectivity index (χ1v) is 5.82. The second-order valence-electron chi connectivity index (χ2n) is 4.62. The van der Waals surface area contributed by atoms with Gasteiger partial charge in [0.05, 0.1) is 0 Å². The van der Waals surface area contributed by atoms with E-state index in [1.807, 2.05) is 12.1 Å². The van der Waals surface area contributed by atoms with Gasteiger partial charge < -0.3 is 4.90 Å². The lowest BCUT2D eigenvalue weighted by Gasteiger charge is -2.30. The van der Waals surface area contributed by atoms with Crippen LogP contribution in [0.2, 0.25) is 0 Å². The molecule has 0 aromatic carbocycles. The largest absolute Gasteiger partial charge is 0.302 e. The number of nitriles is 1. The predicted octanol–water partition coefficient (Wildman–Crippen LogP) is 2.19. The molecular formula is C13H17N3. The molecule has 3 nitrogen and oxygen atoms in total. The molecule has 1 aromatic heterocycles. The molecular weight excluding hydrogens is 198 g/mol. The zero-order valence-electron chi connectivity index (χ0n) is 9.69. The lowest BCUT2D eigenvalue weighted by molar-refractivity contribution is 0.200. The molecule has 1 fully saturated rings. The smallest absolute Gasteiger partial charge is 0.144 e. The van der Waals surface area contributed by atoms with Crippen LogP contribution in [0, 0.1) is 17.2 Å². The minimum atomic E-state index is 0.558. The second-order valence-corrected chi connectivity index (χ2v) is 4.62. The van der Waals surface area contributed by atoms with Gasteiger partial charge in [0.25, 0.3) is 0 Å². The highest BCUT2D eigenvalue weighted by molar-refractivity contribution is 5.30. The summed E-state index contributed by atoms with van der Waals surface area (Å²) in [5, 5.41) is 8.94. The number of hydrogen-bond donors (Lipinski definition) is 0. The SMILES string of the molecule is CN(Cc1cccnc1C#N)CC1CCC1. The molecule has 0 radical (unpaired) electrons. The van der Waals surface area contributed by atoms with Crippen molar-refractivity contribution in [3.63, 3.8) is 0 Å². The standard InChI is InChI=1S/C13H17N3/c1-16(9-11-4-2-5-11)10-12-6-3-7-15-13(12)8-14/h3,6-7,11H,2,4-5,9-10H2,1H3. The van der Waals surface area contributed by atoms with Gasteiger partial charge in [0.15, 0.2) is 0 Å². The van der Waals surface area contributed by atoms with Gasteiger partial charge in [0, 0.05) is 24.8 Å². The highest BCUT2D eigenvalue weighted by Gasteiger charge is 2.19. The molecule has 0 unspecified atom stereocenters. The van der Waals surface area contributed by atoms with E-state index in [0.29, 0.717) is 5.69 Å². The van der Waals surface area contributed by atoms with Gasteiger partial charge in [-0.15, -0.1) is 0 Å². The van der Waals surface area contributed by atoms with Gasteiger partial charge in [-0.05, 0) is 31.9 Å². The zero-order valence-corrected chi connectivity index (χ0v) is 9.69. The van der Waals surface area contributed by atoms with Crippen LogP contribution in [0.4, 0.5) is 0 Å². The van der Waals surface area contributed by atoms with Crippen molar-refractivity contribution in [2.45, 2.75) is 25.8 Å². The average Bonchev–Trinajstić information content (AvgIpc) is 2.24. The average molecular weight is 215 g/mol. The van der Waals surface area contributed by atoms with Crippen LogP contribution in [-0.2, 0) is 6.54 Å². The minimum Gasteiger partial charge on any atom is -0.302 e. The van der Waals surface area contributed by atoms with Crippen LogP contribution in [-0.4, -0.2) is 23.5 Å². The molecule has 0 aliphatic heterocycles. The molecule has 0 amide bonds. The second kappa shape index (κ2) is 5.09. The summed E-state index contributed by atoms with van der Waals surface area (Å²) >= 11 is 0. The molecule has 84 valence electrons. The van der Waals surface area contributed by atoms with Crippen LogP contribution in [0.3, 0.4) is 0 Å². The first-order chi connectivity index (χ1) is 7.79. The van der Waals surface area contributed by atoms with Crippen molar-refractivity contribution in [2.75, 3.05) is 13.6 Å². The summed E-state index contributed by atoms with van der Waals surface area (Å²) in [5.74, 6) is 0.868. The first kappa shape index (κ1) is 11.1. The van der Waals surface area contributed by atoms with Crippen molar-refractivity contribution >= 4 is 0 Å². The monoisotopic (exact) mass is 215 g/mol. The van der Waals surface area contributed by atoms with Crippen LogP contribution < -0.4 is 0 Å². The van der Waals surface area contributed by atoms with Crippen LogP contribution in [0.1, 0.15) is 30.5 Å². The van der Waals surface area contributed by atoms with Crippen molar-refractivity contribution in [3.05, 3.63) is 29.6 Å². The number of hydrogen-bond acceptors (Lipinski definition) is 3. The Morgan fingerprint density at radius 2 is 2.38 bits per heavy atom. The van der Waals surface area contributed by atoms with Crippen molar-refractivity contribution in [3.8, 4) is 6.07 Å². The Balaban J connectivity index is 1.94. The molecule has 3 heteroatoms. The fraction of sp³-hybridized carbons (Fsp3) is 0.538. The van der Waals surface area contributed by atoms with Crippen LogP contribution in [0.15, 0.2) is 18.3 Å². The number of rotatable bonds is 4. The van der Waals surface area contributed by atoms with Gasteiger partial charge in [-0.2, -0.15) is 5.26 Å². The summed E-state index contributed by atoms with van der Waals surface area (Å²) in [6.45, 7) is 1.97. The zero-order chi connectivity index (χ0) is 11.4. The maximum atomic E-state index is 8.94. The molecule has 1 saturated carbocycles. The Morgan fingerprint density at radius 1 is 1.56 bits per heavy atom. The normalized spacial score (nSPS) is 15.8. The molecule has 1 aromatic rings. The highest BCUT2D eigenvalue weighted by Crippen LogP contribution is 2.27. The minimum absolute atomic E-state index is 0.558. The number of aromatic nitrogens is 1. The predicted molar refractivity (Wildman–Crippen MR) is 62.6 cm³/mol. The van der Waals surface area contributed by atoms with E-state index in [9.17, 15) is 0 Å². The van der Waals surface area contributed by atoms with E-state index >= 15 is 0 Å². The van der Waals surface area contributed by atoms with E-state index in [1.165, 1.54) is 19.3 Å². The topological polar surface area (TPSA) is 39.9 Å². The molecule has 0 saturated heterocycles. The van der Waals surface area contributed by atoms with E-state index < -0.39 is 0 Å². The van der Waals surface area contributed by atoms with Gasteiger partial charge in [0.2, 0.25) is 0 Å². The first-order valence-electron chi connectivity index (χ1n) is 5.82. The van der Waals surface area contributed by atoms with E-state index in [-0.39, 0.29) is 0 Å². The summed E-state index contributed by atoms with van der Waals surface area (Å²) in [5.41, 5.74) is 1.59. The maximum absolute atomic E-state index is 8.94. The van der Waals surface area contributed by atoms with Crippen molar-refractivity contribution in [1.82, 2.24) is 9.88 Å². The Bertz CT molecular complexity index is 390. The highest BCUT2D eigenvalue weighted by atomic mass is 15.1. The van der Waals surface area contributed by atoms with Crippen LogP contribution in [0.5, 0.6) is 0 Å². The van der Waals surface area contributed by atoms with Crippen LogP contribution >= 0.6 is 0 Å². The Kier molecular flexibility index (Phi) is 3.53. The molecule has 2 rings (SSSR count). The van der Waals surface area contributed by atoms with Gasteiger partial charge in [-0.3, -0.25) is 0 Å². The summed E-state index contributed by atoms with van der Waals surface area (Å²) < 4.78 is 0. The summed E-state index contributed by atoms with van der Waals surface area (Å²) in [7, 11) is 2.12. The van der Waals surface area contributed by atoms with Crippen molar-refractivity contribution in [1.29, 1.82) is 5.26 Å². The fourth-order valence-corrected chi connectivity index (χ4v) is 2.14. The quantitative estimate of drug-likeness (QED) is 0.773. The Labute approximate surface area is 96.7 Å². The molecule has 1 heterocycles. The summed E-state index contributed by atoms with van der Waals surface area (Å²) in [6.07, 6.45) is 5.79.